The Hall–Kier alpha value is -2.21. The summed E-state index contributed by atoms with van der Waals surface area (Å²) in [6.07, 6.45) is 4.14. The number of anilines is 1. The van der Waals surface area contributed by atoms with E-state index in [1.54, 1.807) is 12.5 Å². The van der Waals surface area contributed by atoms with Gasteiger partial charge in [-0.15, -0.1) is 10.2 Å². The molecule has 3 heterocycles. The zero-order valence-corrected chi connectivity index (χ0v) is 12.4. The number of aryl methyl sites for hydroxylation is 1. The molecule has 0 radical (unpaired) electrons. The van der Waals surface area contributed by atoms with Gasteiger partial charge in [0.05, 0.1) is 5.02 Å². The predicted molar refractivity (Wildman–Crippen MR) is 82.4 cm³/mol. The maximum atomic E-state index is 5.91. The summed E-state index contributed by atoms with van der Waals surface area (Å²) in [5.41, 5.74) is 0.682. The van der Waals surface area contributed by atoms with Crippen molar-refractivity contribution < 1.29 is 0 Å². The summed E-state index contributed by atoms with van der Waals surface area (Å²) < 4.78 is 2.03. The van der Waals surface area contributed by atoms with Crippen LogP contribution in [0.15, 0.2) is 30.7 Å². The molecular weight excluding hydrogens is 288 g/mol. The Morgan fingerprint density at radius 1 is 1.33 bits per heavy atom. The van der Waals surface area contributed by atoms with Crippen LogP contribution in [0.3, 0.4) is 0 Å². The number of halogens is 1. The van der Waals surface area contributed by atoms with Crippen LogP contribution in [0.4, 0.5) is 5.82 Å². The Balaban J connectivity index is 1.66. The molecule has 0 saturated heterocycles. The lowest BCUT2D eigenvalue weighted by atomic mass is 10.3. The fraction of sp³-hybridized carbons (Fsp3) is 0.286. The van der Waals surface area contributed by atoms with Gasteiger partial charge in [0.25, 0.3) is 0 Å². The quantitative estimate of drug-likeness (QED) is 0.784. The van der Waals surface area contributed by atoms with Crippen LogP contribution in [-0.4, -0.2) is 31.3 Å². The molecule has 1 N–H and O–H groups in total. The maximum absolute atomic E-state index is 5.91. The SMILES string of the molecule is CCn1cnnc1CCNc1ccc2cc(Cl)cnc2n1. The number of hydrogen-bond acceptors (Lipinski definition) is 5. The second-order valence-corrected chi connectivity index (χ2v) is 5.04. The molecule has 0 atom stereocenters. The van der Waals surface area contributed by atoms with Crippen molar-refractivity contribution in [3.8, 4) is 0 Å². The predicted octanol–water partition coefficient (Wildman–Crippen LogP) is 2.55. The monoisotopic (exact) mass is 302 g/mol. The fourth-order valence-electron chi connectivity index (χ4n) is 2.12. The molecule has 3 aromatic rings. The largest absolute Gasteiger partial charge is 0.370 e. The van der Waals surface area contributed by atoms with Crippen LogP contribution in [0, 0.1) is 0 Å². The van der Waals surface area contributed by atoms with Crippen LogP contribution in [0.1, 0.15) is 12.7 Å². The summed E-state index contributed by atoms with van der Waals surface area (Å²) in [7, 11) is 0. The molecule has 0 aliphatic rings. The van der Waals surface area contributed by atoms with E-state index in [1.165, 1.54) is 0 Å². The second-order valence-electron chi connectivity index (χ2n) is 4.61. The third kappa shape index (κ3) is 3.11. The number of pyridine rings is 2. The zero-order chi connectivity index (χ0) is 14.7. The summed E-state index contributed by atoms with van der Waals surface area (Å²) in [6.45, 7) is 3.69. The van der Waals surface area contributed by atoms with Gasteiger partial charge in [-0.1, -0.05) is 11.6 Å². The lowest BCUT2D eigenvalue weighted by molar-refractivity contribution is 0.697. The van der Waals surface area contributed by atoms with Crippen molar-refractivity contribution in [3.05, 3.63) is 41.6 Å². The molecule has 6 nitrogen and oxygen atoms in total. The Labute approximate surface area is 127 Å². The van der Waals surface area contributed by atoms with Gasteiger partial charge < -0.3 is 9.88 Å². The fourth-order valence-corrected chi connectivity index (χ4v) is 2.29. The molecule has 0 unspecified atom stereocenters. The minimum absolute atomic E-state index is 0.615. The van der Waals surface area contributed by atoms with Crippen LogP contribution in [-0.2, 0) is 13.0 Å². The Morgan fingerprint density at radius 2 is 2.24 bits per heavy atom. The number of nitrogens with one attached hydrogen (secondary N) is 1. The first-order valence-electron chi connectivity index (χ1n) is 6.79. The van der Waals surface area contributed by atoms with E-state index in [9.17, 15) is 0 Å². The Kier molecular flexibility index (Phi) is 3.96. The van der Waals surface area contributed by atoms with Crippen LogP contribution in [0.5, 0.6) is 0 Å². The lowest BCUT2D eigenvalue weighted by Crippen LogP contribution is -2.10. The molecule has 0 spiro atoms. The first-order chi connectivity index (χ1) is 10.3. The zero-order valence-electron chi connectivity index (χ0n) is 11.6. The molecule has 3 rings (SSSR count). The van der Waals surface area contributed by atoms with Gasteiger partial charge in [0.2, 0.25) is 0 Å². The van der Waals surface area contributed by atoms with Gasteiger partial charge >= 0.3 is 0 Å². The highest BCUT2D eigenvalue weighted by Crippen LogP contribution is 2.17. The molecule has 21 heavy (non-hydrogen) atoms. The smallest absolute Gasteiger partial charge is 0.161 e. The molecule has 108 valence electrons. The average molecular weight is 303 g/mol. The van der Waals surface area contributed by atoms with Gasteiger partial charge in [-0.05, 0) is 25.1 Å². The highest BCUT2D eigenvalue weighted by molar-refractivity contribution is 6.31. The van der Waals surface area contributed by atoms with E-state index in [1.807, 2.05) is 22.8 Å². The topological polar surface area (TPSA) is 68.5 Å². The number of hydrogen-bond donors (Lipinski definition) is 1. The number of fused-ring (bicyclic) bond motifs is 1. The van der Waals surface area contributed by atoms with E-state index in [0.717, 1.165) is 36.5 Å². The molecule has 0 bridgehead atoms. The standard InChI is InChI=1S/C14H15ClN6/c1-2-21-9-18-20-13(21)5-6-16-12-4-3-10-7-11(15)8-17-14(10)19-12/h3-4,7-9H,2,5-6H2,1H3,(H,16,17,19). The average Bonchev–Trinajstić information content (AvgIpc) is 2.95. The van der Waals surface area contributed by atoms with Crippen LogP contribution >= 0.6 is 11.6 Å². The summed E-state index contributed by atoms with van der Waals surface area (Å²) >= 11 is 5.91. The normalized spacial score (nSPS) is 11.0. The van der Waals surface area contributed by atoms with Gasteiger partial charge in [-0.25, -0.2) is 9.97 Å². The molecule has 0 aromatic carbocycles. The molecule has 0 aliphatic carbocycles. The molecule has 7 heteroatoms. The van der Waals surface area contributed by atoms with Crippen LogP contribution in [0.25, 0.3) is 11.0 Å². The Morgan fingerprint density at radius 3 is 3.10 bits per heavy atom. The Bertz CT molecular complexity index is 754. The van der Waals surface area contributed by atoms with Crippen LogP contribution in [0.2, 0.25) is 5.02 Å². The number of rotatable bonds is 5. The third-order valence-electron chi connectivity index (χ3n) is 3.20. The number of nitrogens with zero attached hydrogens (tertiary/aromatic N) is 5. The molecule has 0 fully saturated rings. The summed E-state index contributed by atoms with van der Waals surface area (Å²) in [5, 5.41) is 12.8. The van der Waals surface area contributed by atoms with Crippen LogP contribution < -0.4 is 5.32 Å². The minimum Gasteiger partial charge on any atom is -0.370 e. The summed E-state index contributed by atoms with van der Waals surface area (Å²) in [6, 6.07) is 5.73. The van der Waals surface area contributed by atoms with Crippen molar-refractivity contribution >= 4 is 28.5 Å². The maximum Gasteiger partial charge on any atom is 0.161 e. The second kappa shape index (κ2) is 6.05. The number of aromatic nitrogens is 5. The molecule has 3 aromatic heterocycles. The van der Waals surface area contributed by atoms with E-state index in [4.69, 9.17) is 11.6 Å². The minimum atomic E-state index is 0.615. The van der Waals surface area contributed by atoms with Gasteiger partial charge in [0.1, 0.15) is 18.0 Å². The van der Waals surface area contributed by atoms with E-state index in [-0.39, 0.29) is 0 Å². The van der Waals surface area contributed by atoms with Crippen molar-refractivity contribution in [2.24, 2.45) is 0 Å². The highest BCUT2D eigenvalue weighted by Gasteiger charge is 2.03. The van der Waals surface area contributed by atoms with Crippen molar-refractivity contribution in [2.75, 3.05) is 11.9 Å². The van der Waals surface area contributed by atoms with E-state index in [2.05, 4.69) is 32.4 Å². The summed E-state index contributed by atoms with van der Waals surface area (Å²) in [5.74, 6) is 1.76. The molecular formula is C14H15ClN6. The van der Waals surface area contributed by atoms with E-state index >= 15 is 0 Å². The molecule has 0 amide bonds. The molecule has 0 saturated carbocycles. The first-order valence-corrected chi connectivity index (χ1v) is 7.17. The van der Waals surface area contributed by atoms with Crippen molar-refractivity contribution in [1.29, 1.82) is 0 Å². The van der Waals surface area contributed by atoms with Gasteiger partial charge in [-0.3, -0.25) is 0 Å². The third-order valence-corrected chi connectivity index (χ3v) is 3.41. The van der Waals surface area contributed by atoms with E-state index < -0.39 is 0 Å². The lowest BCUT2D eigenvalue weighted by Gasteiger charge is -2.07. The molecule has 0 aliphatic heterocycles. The van der Waals surface area contributed by atoms with Crippen molar-refractivity contribution in [2.45, 2.75) is 19.9 Å². The van der Waals surface area contributed by atoms with Gasteiger partial charge in [0.15, 0.2) is 5.65 Å². The summed E-state index contributed by atoms with van der Waals surface area (Å²) in [4.78, 5) is 8.67. The van der Waals surface area contributed by atoms with Gasteiger partial charge in [0, 0.05) is 31.1 Å². The van der Waals surface area contributed by atoms with Gasteiger partial charge in [-0.2, -0.15) is 0 Å². The highest BCUT2D eigenvalue weighted by atomic mass is 35.5. The first kappa shape index (κ1) is 13.8. The van der Waals surface area contributed by atoms with Crippen molar-refractivity contribution in [3.63, 3.8) is 0 Å². The van der Waals surface area contributed by atoms with E-state index in [0.29, 0.717) is 10.7 Å². The van der Waals surface area contributed by atoms with Crippen molar-refractivity contribution in [1.82, 2.24) is 24.7 Å².